The van der Waals surface area contributed by atoms with Crippen molar-refractivity contribution >= 4 is 5.57 Å². The lowest BCUT2D eigenvalue weighted by molar-refractivity contribution is 1.04. The molecular weight excluding hydrogens is 675 g/mol. The molecule has 0 spiro atoms. The summed E-state index contributed by atoms with van der Waals surface area (Å²) in [7, 11) is 0. The summed E-state index contributed by atoms with van der Waals surface area (Å²) in [6.07, 6.45) is 8.98. The summed E-state index contributed by atoms with van der Waals surface area (Å²) >= 11 is 0. The summed E-state index contributed by atoms with van der Waals surface area (Å²) in [5, 5.41) is 11.0. The molecule has 0 amide bonds. The Morgan fingerprint density at radius 2 is 0.696 bits per heavy atom. The zero-order valence-electron chi connectivity index (χ0n) is 31.1. The average molecular weight is 714 g/mol. The van der Waals surface area contributed by atoms with Gasteiger partial charge in [0.25, 0.3) is 0 Å². The predicted octanol–water partition coefficient (Wildman–Crippen LogP) is 15.0. The highest BCUT2D eigenvalue weighted by molar-refractivity contribution is 5.90. The van der Waals surface area contributed by atoms with Crippen LogP contribution in [-0.4, -0.2) is 0 Å². The monoisotopic (exact) mass is 713 g/mol. The fraction of sp³-hybridized carbons (Fsp3) is 0.0364. The fourth-order valence-corrected chi connectivity index (χ4v) is 7.77. The lowest BCUT2D eigenvalue weighted by Crippen LogP contribution is -1.94. The predicted molar refractivity (Wildman–Crippen MR) is 236 cm³/mol. The SMILES string of the molecule is N#Cc1c(-c2cccc(-c3ccc(C4=CCCC=C4)cc3)c2)cc(-c2ccc(-c3ccccc3)cc2)cc1-c1cccc(-c2ccc(-c3ccccc3)cc2)c1. The second-order valence-electron chi connectivity index (χ2n) is 14.3. The molecule has 56 heavy (non-hydrogen) atoms. The highest BCUT2D eigenvalue weighted by Gasteiger charge is 2.17. The van der Waals surface area contributed by atoms with Crippen molar-refractivity contribution in [1.29, 1.82) is 5.26 Å². The van der Waals surface area contributed by atoms with Crippen molar-refractivity contribution in [3.05, 3.63) is 223 Å². The van der Waals surface area contributed by atoms with Gasteiger partial charge in [-0.15, -0.1) is 0 Å². The van der Waals surface area contributed by atoms with Gasteiger partial charge in [-0.05, 0) is 115 Å². The van der Waals surface area contributed by atoms with Crippen LogP contribution in [0.4, 0.5) is 0 Å². The molecule has 0 radical (unpaired) electrons. The largest absolute Gasteiger partial charge is 0.192 e. The molecule has 0 N–H and O–H groups in total. The van der Waals surface area contributed by atoms with E-state index in [9.17, 15) is 5.26 Å². The quantitative estimate of drug-likeness (QED) is 0.154. The molecule has 0 heterocycles. The zero-order valence-corrected chi connectivity index (χ0v) is 31.1. The normalized spacial score (nSPS) is 12.2. The van der Waals surface area contributed by atoms with Crippen LogP contribution >= 0.6 is 0 Å². The van der Waals surface area contributed by atoms with Crippen LogP contribution in [0.3, 0.4) is 0 Å². The Balaban J connectivity index is 1.14. The molecule has 1 nitrogen and oxygen atoms in total. The molecule has 264 valence electrons. The van der Waals surface area contributed by atoms with Gasteiger partial charge in [-0.25, -0.2) is 0 Å². The van der Waals surface area contributed by atoms with Crippen LogP contribution in [0.5, 0.6) is 0 Å². The van der Waals surface area contributed by atoms with Gasteiger partial charge in [-0.1, -0.05) is 188 Å². The Labute approximate surface area is 329 Å². The van der Waals surface area contributed by atoms with Crippen LogP contribution in [0.1, 0.15) is 24.0 Å². The minimum absolute atomic E-state index is 0.662. The summed E-state index contributed by atoms with van der Waals surface area (Å²) in [6, 6.07) is 71.5. The van der Waals surface area contributed by atoms with E-state index in [-0.39, 0.29) is 0 Å². The summed E-state index contributed by atoms with van der Waals surface area (Å²) < 4.78 is 0. The van der Waals surface area contributed by atoms with Crippen LogP contribution in [0.15, 0.2) is 212 Å². The van der Waals surface area contributed by atoms with E-state index in [1.807, 2.05) is 12.1 Å². The van der Waals surface area contributed by atoms with Crippen LogP contribution < -0.4 is 0 Å². The van der Waals surface area contributed by atoms with Crippen molar-refractivity contribution in [2.45, 2.75) is 12.8 Å². The smallest absolute Gasteiger partial charge is 0.100 e. The van der Waals surface area contributed by atoms with E-state index in [0.717, 1.165) is 68.5 Å². The van der Waals surface area contributed by atoms with Gasteiger partial charge in [0.1, 0.15) is 6.07 Å². The maximum atomic E-state index is 11.0. The second kappa shape index (κ2) is 15.6. The highest BCUT2D eigenvalue weighted by atomic mass is 14.3. The number of hydrogen-bond donors (Lipinski definition) is 0. The maximum Gasteiger partial charge on any atom is 0.100 e. The van der Waals surface area contributed by atoms with E-state index in [4.69, 9.17) is 0 Å². The van der Waals surface area contributed by atoms with E-state index in [0.29, 0.717) is 5.56 Å². The number of nitriles is 1. The third kappa shape index (κ3) is 7.17. The standard InChI is InChI=1S/C55H39N/c56-38-55-53(50-20-10-18-48(34-50)45-28-22-42(23-29-45)39-12-4-1-5-13-39)36-52(47-32-26-44(27-33-47)41-16-8-3-9-17-41)37-54(55)51-21-11-19-49(35-51)46-30-24-43(25-31-46)40-14-6-2-7-15-40/h1,3-6,8-37H,2,7H2. The number of hydrogen-bond acceptors (Lipinski definition) is 1. The Morgan fingerprint density at radius 1 is 0.321 bits per heavy atom. The van der Waals surface area contributed by atoms with Crippen molar-refractivity contribution in [1.82, 2.24) is 0 Å². The highest BCUT2D eigenvalue weighted by Crippen LogP contribution is 2.40. The van der Waals surface area contributed by atoms with Crippen molar-refractivity contribution < 1.29 is 0 Å². The molecular formula is C55H39N. The first-order chi connectivity index (χ1) is 27.7. The molecule has 0 saturated carbocycles. The molecule has 0 saturated heterocycles. The molecule has 1 aliphatic rings. The van der Waals surface area contributed by atoms with Crippen LogP contribution in [-0.2, 0) is 0 Å². The molecule has 0 fully saturated rings. The van der Waals surface area contributed by atoms with Gasteiger partial charge in [0.2, 0.25) is 0 Å². The Hall–Kier alpha value is -7.27. The van der Waals surface area contributed by atoms with Crippen molar-refractivity contribution in [3.8, 4) is 84.0 Å². The molecule has 8 aromatic rings. The van der Waals surface area contributed by atoms with Gasteiger partial charge in [0.05, 0.1) is 5.56 Å². The topological polar surface area (TPSA) is 23.8 Å². The molecule has 1 aliphatic carbocycles. The lowest BCUT2D eigenvalue weighted by Gasteiger charge is -2.16. The molecule has 0 bridgehead atoms. The molecule has 9 rings (SSSR count). The Morgan fingerprint density at radius 3 is 1.12 bits per heavy atom. The third-order valence-electron chi connectivity index (χ3n) is 10.8. The van der Waals surface area contributed by atoms with Gasteiger partial charge in [-0.3, -0.25) is 0 Å². The second-order valence-corrected chi connectivity index (χ2v) is 14.3. The van der Waals surface area contributed by atoms with E-state index in [1.54, 1.807) is 0 Å². The van der Waals surface area contributed by atoms with Gasteiger partial charge < -0.3 is 0 Å². The molecule has 0 unspecified atom stereocenters. The van der Waals surface area contributed by atoms with Crippen LogP contribution in [0.25, 0.3) is 83.5 Å². The Kier molecular flexibility index (Phi) is 9.61. The summed E-state index contributed by atoms with van der Waals surface area (Å²) in [5.74, 6) is 0. The molecule has 8 aromatic carbocycles. The molecule has 0 aromatic heterocycles. The van der Waals surface area contributed by atoms with Crippen molar-refractivity contribution in [2.75, 3.05) is 0 Å². The van der Waals surface area contributed by atoms with Crippen molar-refractivity contribution in [3.63, 3.8) is 0 Å². The molecule has 0 aliphatic heterocycles. The maximum absolute atomic E-state index is 11.0. The van der Waals surface area contributed by atoms with E-state index in [2.05, 4.69) is 206 Å². The van der Waals surface area contributed by atoms with E-state index < -0.39 is 0 Å². The van der Waals surface area contributed by atoms with Crippen LogP contribution in [0, 0.1) is 11.3 Å². The third-order valence-corrected chi connectivity index (χ3v) is 10.8. The first-order valence-corrected chi connectivity index (χ1v) is 19.3. The molecule has 0 atom stereocenters. The minimum Gasteiger partial charge on any atom is -0.192 e. The fourth-order valence-electron chi connectivity index (χ4n) is 7.77. The van der Waals surface area contributed by atoms with Crippen LogP contribution in [0.2, 0.25) is 0 Å². The first kappa shape index (κ1) is 34.5. The van der Waals surface area contributed by atoms with Gasteiger partial charge in [0, 0.05) is 11.1 Å². The zero-order chi connectivity index (χ0) is 37.7. The lowest BCUT2D eigenvalue weighted by atomic mass is 9.86. The molecule has 1 heteroatoms. The summed E-state index contributed by atoms with van der Waals surface area (Å²) in [5.41, 5.74) is 18.4. The van der Waals surface area contributed by atoms with Gasteiger partial charge in [-0.2, -0.15) is 5.26 Å². The number of allylic oxidation sites excluding steroid dienone is 4. The minimum atomic E-state index is 0.662. The Bertz CT molecular complexity index is 2750. The summed E-state index contributed by atoms with van der Waals surface area (Å²) in [6.45, 7) is 0. The van der Waals surface area contributed by atoms with Crippen molar-refractivity contribution in [2.24, 2.45) is 0 Å². The number of benzene rings is 8. The van der Waals surface area contributed by atoms with Gasteiger partial charge in [0.15, 0.2) is 0 Å². The summed E-state index contributed by atoms with van der Waals surface area (Å²) in [4.78, 5) is 0. The average Bonchev–Trinajstić information content (AvgIpc) is 3.29. The number of nitrogens with zero attached hydrogens (tertiary/aromatic N) is 1. The van der Waals surface area contributed by atoms with E-state index >= 15 is 0 Å². The van der Waals surface area contributed by atoms with E-state index in [1.165, 1.54) is 33.4 Å². The first-order valence-electron chi connectivity index (χ1n) is 19.3. The number of rotatable bonds is 8. The van der Waals surface area contributed by atoms with Gasteiger partial charge >= 0.3 is 0 Å².